The predicted octanol–water partition coefficient (Wildman–Crippen LogP) is 2.17. The minimum absolute atomic E-state index is 0.0565. The van der Waals surface area contributed by atoms with E-state index < -0.39 is 5.97 Å². The molecule has 0 saturated carbocycles. The third-order valence-corrected chi connectivity index (χ3v) is 2.89. The number of carboxylic acids is 1. The van der Waals surface area contributed by atoms with Crippen molar-refractivity contribution in [2.45, 2.75) is 26.8 Å². The summed E-state index contributed by atoms with van der Waals surface area (Å²) in [6.07, 6.45) is 0.0565. The summed E-state index contributed by atoms with van der Waals surface area (Å²) in [5, 5.41) is 12.6. The summed E-state index contributed by atoms with van der Waals surface area (Å²) in [4.78, 5) is 16.8. The van der Waals surface area contributed by atoms with Crippen LogP contribution in [-0.2, 0) is 11.3 Å². The lowest BCUT2D eigenvalue weighted by Crippen LogP contribution is -2.25. The fourth-order valence-electron chi connectivity index (χ4n) is 1.85. The van der Waals surface area contributed by atoms with Crippen LogP contribution >= 0.6 is 0 Å². The van der Waals surface area contributed by atoms with Crippen molar-refractivity contribution in [3.63, 3.8) is 0 Å². The minimum Gasteiger partial charge on any atom is -0.481 e. The van der Waals surface area contributed by atoms with Gasteiger partial charge in [-0.05, 0) is 26.0 Å². The van der Waals surface area contributed by atoms with Crippen LogP contribution in [0.25, 0.3) is 0 Å². The molecule has 0 atom stereocenters. The van der Waals surface area contributed by atoms with Gasteiger partial charge in [0.2, 0.25) is 5.89 Å². The number of anilines is 1. The summed E-state index contributed by atoms with van der Waals surface area (Å²) >= 11 is 0. The number of aliphatic carboxylic acids is 1. The SMILES string of the molecule is Cc1ccc(N(CCC(=O)O)Cc2nc(C)no2)cc1. The average Bonchev–Trinajstić information content (AvgIpc) is 2.81. The third-order valence-electron chi connectivity index (χ3n) is 2.89. The molecular weight excluding hydrogens is 258 g/mol. The Hall–Kier alpha value is -2.37. The van der Waals surface area contributed by atoms with E-state index in [1.165, 1.54) is 0 Å². The maximum Gasteiger partial charge on any atom is 0.305 e. The van der Waals surface area contributed by atoms with Gasteiger partial charge in [0, 0.05) is 12.2 Å². The molecule has 0 fully saturated rings. The number of benzene rings is 1. The Morgan fingerprint density at radius 1 is 1.30 bits per heavy atom. The van der Waals surface area contributed by atoms with Crippen LogP contribution in [0.15, 0.2) is 28.8 Å². The van der Waals surface area contributed by atoms with Crippen LogP contribution in [0.1, 0.15) is 23.7 Å². The molecule has 1 heterocycles. The molecule has 2 rings (SSSR count). The molecule has 0 bridgehead atoms. The third kappa shape index (κ3) is 3.81. The van der Waals surface area contributed by atoms with Crippen molar-refractivity contribution >= 4 is 11.7 Å². The van der Waals surface area contributed by atoms with Crippen molar-refractivity contribution < 1.29 is 14.4 Å². The second-order valence-electron chi connectivity index (χ2n) is 4.64. The Morgan fingerprint density at radius 3 is 2.55 bits per heavy atom. The molecule has 1 N–H and O–H groups in total. The molecule has 106 valence electrons. The van der Waals surface area contributed by atoms with Crippen molar-refractivity contribution in [2.24, 2.45) is 0 Å². The summed E-state index contributed by atoms with van der Waals surface area (Å²) in [5.41, 5.74) is 2.09. The molecule has 0 aliphatic heterocycles. The van der Waals surface area contributed by atoms with Gasteiger partial charge in [-0.25, -0.2) is 0 Å². The molecule has 6 heteroatoms. The van der Waals surface area contributed by atoms with Gasteiger partial charge in [-0.2, -0.15) is 4.98 Å². The number of hydrogen-bond acceptors (Lipinski definition) is 5. The van der Waals surface area contributed by atoms with Gasteiger partial charge >= 0.3 is 5.97 Å². The van der Waals surface area contributed by atoms with Gasteiger partial charge < -0.3 is 14.5 Å². The standard InChI is InChI=1S/C14H17N3O3/c1-10-3-5-12(6-4-10)17(8-7-14(18)19)9-13-15-11(2)16-20-13/h3-6H,7-9H2,1-2H3,(H,18,19). The Balaban J connectivity index is 2.15. The van der Waals surface area contributed by atoms with Crippen molar-refractivity contribution in [2.75, 3.05) is 11.4 Å². The zero-order chi connectivity index (χ0) is 14.5. The second-order valence-corrected chi connectivity index (χ2v) is 4.64. The molecule has 0 amide bonds. The zero-order valence-electron chi connectivity index (χ0n) is 11.5. The highest BCUT2D eigenvalue weighted by Crippen LogP contribution is 2.18. The lowest BCUT2D eigenvalue weighted by Gasteiger charge is -2.22. The van der Waals surface area contributed by atoms with Gasteiger partial charge in [-0.3, -0.25) is 4.79 Å². The monoisotopic (exact) mass is 275 g/mol. The Labute approximate surface area is 117 Å². The summed E-state index contributed by atoms with van der Waals surface area (Å²) in [5.74, 6) is 0.222. The van der Waals surface area contributed by atoms with Crippen LogP contribution < -0.4 is 4.90 Å². The number of hydrogen-bond donors (Lipinski definition) is 1. The summed E-state index contributed by atoms with van der Waals surface area (Å²) < 4.78 is 5.10. The molecule has 0 spiro atoms. The lowest BCUT2D eigenvalue weighted by molar-refractivity contribution is -0.136. The quantitative estimate of drug-likeness (QED) is 0.870. The summed E-state index contributed by atoms with van der Waals surface area (Å²) in [6.45, 7) is 4.55. The average molecular weight is 275 g/mol. The lowest BCUT2D eigenvalue weighted by atomic mass is 10.2. The first-order valence-electron chi connectivity index (χ1n) is 6.37. The molecular formula is C14H17N3O3. The predicted molar refractivity (Wildman–Crippen MR) is 73.5 cm³/mol. The van der Waals surface area contributed by atoms with Gasteiger partial charge in [0.05, 0.1) is 13.0 Å². The molecule has 0 radical (unpaired) electrons. The first-order valence-corrected chi connectivity index (χ1v) is 6.37. The molecule has 0 saturated heterocycles. The van der Waals surface area contributed by atoms with Gasteiger partial charge in [0.15, 0.2) is 5.82 Å². The number of aryl methyl sites for hydroxylation is 2. The number of nitrogens with zero attached hydrogens (tertiary/aromatic N) is 3. The number of carbonyl (C=O) groups is 1. The van der Waals surface area contributed by atoms with Gasteiger partial charge in [0.1, 0.15) is 0 Å². The molecule has 0 aliphatic rings. The number of carboxylic acid groups (broad SMARTS) is 1. The summed E-state index contributed by atoms with van der Waals surface area (Å²) in [6, 6.07) is 7.89. The van der Waals surface area contributed by atoms with Crippen molar-refractivity contribution in [3.05, 3.63) is 41.5 Å². The molecule has 1 aromatic carbocycles. The van der Waals surface area contributed by atoms with Gasteiger partial charge in [-0.15, -0.1) is 0 Å². The smallest absolute Gasteiger partial charge is 0.305 e. The molecule has 0 unspecified atom stereocenters. The topological polar surface area (TPSA) is 79.5 Å². The molecule has 20 heavy (non-hydrogen) atoms. The van der Waals surface area contributed by atoms with Crippen molar-refractivity contribution in [1.82, 2.24) is 10.1 Å². The summed E-state index contributed by atoms with van der Waals surface area (Å²) in [7, 11) is 0. The van der Waals surface area contributed by atoms with E-state index in [4.69, 9.17) is 9.63 Å². The number of rotatable bonds is 6. The van der Waals surface area contributed by atoms with Crippen LogP contribution in [0.2, 0.25) is 0 Å². The largest absolute Gasteiger partial charge is 0.481 e. The fourth-order valence-corrected chi connectivity index (χ4v) is 1.85. The maximum absolute atomic E-state index is 10.8. The zero-order valence-corrected chi connectivity index (χ0v) is 11.5. The molecule has 1 aromatic heterocycles. The van der Waals surface area contributed by atoms with E-state index in [1.54, 1.807) is 6.92 Å². The highest BCUT2D eigenvalue weighted by Gasteiger charge is 2.13. The highest BCUT2D eigenvalue weighted by atomic mass is 16.5. The molecule has 2 aromatic rings. The minimum atomic E-state index is -0.830. The first kappa shape index (κ1) is 14.0. The van der Waals surface area contributed by atoms with E-state index >= 15 is 0 Å². The van der Waals surface area contributed by atoms with Gasteiger partial charge in [-0.1, -0.05) is 22.9 Å². The van der Waals surface area contributed by atoms with E-state index in [1.807, 2.05) is 36.1 Å². The van der Waals surface area contributed by atoms with Crippen LogP contribution in [0.5, 0.6) is 0 Å². The Morgan fingerprint density at radius 2 is 2.00 bits per heavy atom. The Kier molecular flexibility index (Phi) is 4.34. The van der Waals surface area contributed by atoms with E-state index in [2.05, 4.69) is 10.1 Å². The second kappa shape index (κ2) is 6.18. The van der Waals surface area contributed by atoms with E-state index in [0.29, 0.717) is 24.8 Å². The highest BCUT2D eigenvalue weighted by molar-refractivity contribution is 5.67. The van der Waals surface area contributed by atoms with Crippen LogP contribution in [0.3, 0.4) is 0 Å². The van der Waals surface area contributed by atoms with E-state index in [9.17, 15) is 4.79 Å². The first-order chi connectivity index (χ1) is 9.54. The number of aromatic nitrogens is 2. The van der Waals surface area contributed by atoms with Crippen molar-refractivity contribution in [3.8, 4) is 0 Å². The fraction of sp³-hybridized carbons (Fsp3) is 0.357. The maximum atomic E-state index is 10.8. The van der Waals surface area contributed by atoms with Crippen LogP contribution in [0, 0.1) is 13.8 Å². The van der Waals surface area contributed by atoms with E-state index in [0.717, 1.165) is 11.3 Å². The normalized spacial score (nSPS) is 10.5. The van der Waals surface area contributed by atoms with E-state index in [-0.39, 0.29) is 6.42 Å². The van der Waals surface area contributed by atoms with Crippen LogP contribution in [0.4, 0.5) is 5.69 Å². The molecule has 0 aliphatic carbocycles. The molecule has 6 nitrogen and oxygen atoms in total. The van der Waals surface area contributed by atoms with Crippen molar-refractivity contribution in [1.29, 1.82) is 0 Å². The Bertz CT molecular complexity index is 578. The van der Waals surface area contributed by atoms with Gasteiger partial charge in [0.25, 0.3) is 0 Å². The van der Waals surface area contributed by atoms with Crippen LogP contribution in [-0.4, -0.2) is 27.8 Å².